The summed E-state index contributed by atoms with van der Waals surface area (Å²) in [6.45, 7) is 4.25. The second kappa shape index (κ2) is 6.86. The molecule has 0 aliphatic heterocycles. The van der Waals surface area contributed by atoms with Gasteiger partial charge in [0.05, 0.1) is 5.69 Å². The molecule has 0 aliphatic carbocycles. The van der Waals surface area contributed by atoms with Crippen LogP contribution in [0.1, 0.15) is 22.5 Å². The molecular formula is C18H17N2Pt-. The molecule has 0 N–H and O–H groups in total. The van der Waals surface area contributed by atoms with Gasteiger partial charge in [0.1, 0.15) is 0 Å². The first kappa shape index (κ1) is 15.7. The average molecular weight is 456 g/mol. The second-order valence-electron chi connectivity index (χ2n) is 4.98. The van der Waals surface area contributed by atoms with Crippen molar-refractivity contribution in [3.05, 3.63) is 83.2 Å². The molecule has 21 heavy (non-hydrogen) atoms. The molecule has 3 heteroatoms. The fourth-order valence-electron chi connectivity index (χ4n) is 2.35. The van der Waals surface area contributed by atoms with Gasteiger partial charge in [0.2, 0.25) is 0 Å². The molecule has 0 bridgehead atoms. The molecule has 3 rings (SSSR count). The van der Waals surface area contributed by atoms with Crippen LogP contribution in [0, 0.1) is 19.9 Å². The van der Waals surface area contributed by atoms with Crippen molar-refractivity contribution in [3.8, 4) is 5.69 Å². The zero-order valence-corrected chi connectivity index (χ0v) is 14.4. The summed E-state index contributed by atoms with van der Waals surface area (Å²) >= 11 is 0. The largest absolute Gasteiger partial charge is 0.262 e. The van der Waals surface area contributed by atoms with Crippen molar-refractivity contribution in [3.63, 3.8) is 0 Å². The summed E-state index contributed by atoms with van der Waals surface area (Å²) in [5, 5.41) is 4.76. The summed E-state index contributed by atoms with van der Waals surface area (Å²) in [6.07, 6.45) is 0.868. The molecule has 0 unspecified atom stereocenters. The maximum Gasteiger partial charge on any atom is 0.0703 e. The number of nitrogens with zero attached hydrogens (tertiary/aromatic N) is 2. The van der Waals surface area contributed by atoms with Crippen molar-refractivity contribution in [2.45, 2.75) is 20.3 Å². The predicted molar refractivity (Wildman–Crippen MR) is 81.1 cm³/mol. The Balaban J connectivity index is 0.00000161. The molecule has 0 spiro atoms. The van der Waals surface area contributed by atoms with E-state index < -0.39 is 0 Å². The van der Waals surface area contributed by atoms with Crippen molar-refractivity contribution in [2.75, 3.05) is 0 Å². The van der Waals surface area contributed by atoms with Gasteiger partial charge in [-0.2, -0.15) is 29.4 Å². The van der Waals surface area contributed by atoms with E-state index in [1.54, 1.807) is 0 Å². The Morgan fingerprint density at radius 3 is 2.38 bits per heavy atom. The smallest absolute Gasteiger partial charge is 0.0703 e. The van der Waals surface area contributed by atoms with E-state index in [9.17, 15) is 0 Å². The molecule has 0 aliphatic rings. The third-order valence-corrected chi connectivity index (χ3v) is 3.65. The van der Waals surface area contributed by atoms with Crippen molar-refractivity contribution >= 4 is 0 Å². The van der Waals surface area contributed by atoms with E-state index >= 15 is 0 Å². The monoisotopic (exact) mass is 456 g/mol. The average Bonchev–Trinajstić information content (AvgIpc) is 2.78. The molecule has 1 aromatic heterocycles. The van der Waals surface area contributed by atoms with Gasteiger partial charge in [-0.15, -0.1) is 6.07 Å². The minimum absolute atomic E-state index is 0. The number of aromatic nitrogens is 2. The number of benzene rings is 2. The van der Waals surface area contributed by atoms with Crippen molar-refractivity contribution in [1.29, 1.82) is 0 Å². The summed E-state index contributed by atoms with van der Waals surface area (Å²) in [4.78, 5) is 0. The summed E-state index contributed by atoms with van der Waals surface area (Å²) < 4.78 is 1.98. The van der Waals surface area contributed by atoms with Crippen LogP contribution in [0.4, 0.5) is 0 Å². The van der Waals surface area contributed by atoms with E-state index in [1.165, 1.54) is 16.8 Å². The van der Waals surface area contributed by atoms with Crippen LogP contribution in [0.25, 0.3) is 5.69 Å². The molecule has 2 nitrogen and oxygen atoms in total. The first-order valence-electron chi connectivity index (χ1n) is 6.82. The van der Waals surface area contributed by atoms with Gasteiger partial charge in [0.25, 0.3) is 0 Å². The van der Waals surface area contributed by atoms with Gasteiger partial charge >= 0.3 is 0 Å². The Morgan fingerprint density at radius 2 is 1.71 bits per heavy atom. The molecular weight excluding hydrogens is 439 g/mol. The Labute approximate surface area is 140 Å². The maximum atomic E-state index is 4.76. The first-order valence-corrected chi connectivity index (χ1v) is 6.82. The molecule has 110 valence electrons. The van der Waals surface area contributed by atoms with Crippen LogP contribution < -0.4 is 0 Å². The summed E-state index contributed by atoms with van der Waals surface area (Å²) in [5.41, 5.74) is 5.85. The summed E-state index contributed by atoms with van der Waals surface area (Å²) in [7, 11) is 0. The summed E-state index contributed by atoms with van der Waals surface area (Å²) in [6, 6.07) is 21.6. The van der Waals surface area contributed by atoms with Crippen LogP contribution in [-0.4, -0.2) is 9.78 Å². The number of rotatable bonds is 3. The van der Waals surface area contributed by atoms with Crippen LogP contribution in [0.2, 0.25) is 0 Å². The van der Waals surface area contributed by atoms with Crippen LogP contribution in [0.15, 0.2) is 54.6 Å². The third-order valence-electron chi connectivity index (χ3n) is 3.65. The normalized spacial score (nSPS) is 10.2. The van der Waals surface area contributed by atoms with Crippen LogP contribution in [0.3, 0.4) is 0 Å². The van der Waals surface area contributed by atoms with Gasteiger partial charge in [-0.05, 0) is 30.7 Å². The minimum Gasteiger partial charge on any atom is -0.262 e. The Bertz CT molecular complexity index is 703. The molecule has 0 atom stereocenters. The Morgan fingerprint density at radius 1 is 1.00 bits per heavy atom. The van der Waals surface area contributed by atoms with Crippen molar-refractivity contribution < 1.29 is 21.1 Å². The third kappa shape index (κ3) is 3.33. The van der Waals surface area contributed by atoms with E-state index in [2.05, 4.69) is 44.2 Å². The molecule has 0 saturated carbocycles. The van der Waals surface area contributed by atoms with E-state index in [0.29, 0.717) is 0 Å². The molecule has 0 radical (unpaired) electrons. The minimum atomic E-state index is 0. The molecule has 2 aromatic carbocycles. The number of para-hydroxylation sites is 1. The van der Waals surface area contributed by atoms with E-state index in [0.717, 1.165) is 17.8 Å². The van der Waals surface area contributed by atoms with Gasteiger partial charge in [0, 0.05) is 33.2 Å². The Kier molecular flexibility index (Phi) is 5.14. The van der Waals surface area contributed by atoms with Gasteiger partial charge in [-0.1, -0.05) is 30.3 Å². The fourth-order valence-corrected chi connectivity index (χ4v) is 2.35. The molecule has 0 amide bonds. The first-order chi connectivity index (χ1) is 9.75. The molecule has 1 heterocycles. The van der Waals surface area contributed by atoms with Crippen molar-refractivity contribution in [1.82, 2.24) is 9.78 Å². The van der Waals surface area contributed by atoms with Crippen LogP contribution in [-0.2, 0) is 27.5 Å². The van der Waals surface area contributed by atoms with Gasteiger partial charge in [0.15, 0.2) is 0 Å². The predicted octanol–water partition coefficient (Wildman–Crippen LogP) is 3.88. The van der Waals surface area contributed by atoms with Gasteiger partial charge in [-0.25, -0.2) is 0 Å². The van der Waals surface area contributed by atoms with Gasteiger partial charge in [-0.3, -0.25) is 4.68 Å². The standard InChI is InChI=1S/C18H17N2.Pt/c1-14-15(2)20(17-11-7-4-8-12-17)19-18(14)13-16-9-5-3-6-10-16;/h3-11H,13H2,1-2H3;/q-1;. The van der Waals surface area contributed by atoms with Crippen LogP contribution in [0.5, 0.6) is 0 Å². The van der Waals surface area contributed by atoms with Gasteiger partial charge < -0.3 is 0 Å². The maximum absolute atomic E-state index is 4.76. The fraction of sp³-hybridized carbons (Fsp3) is 0.167. The Hall–Kier alpha value is -1.66. The zero-order chi connectivity index (χ0) is 13.9. The number of hydrogen-bond donors (Lipinski definition) is 0. The van der Waals surface area contributed by atoms with Crippen molar-refractivity contribution in [2.24, 2.45) is 0 Å². The molecule has 0 saturated heterocycles. The number of hydrogen-bond acceptors (Lipinski definition) is 1. The second-order valence-corrected chi connectivity index (χ2v) is 4.98. The van der Waals surface area contributed by atoms with E-state index in [-0.39, 0.29) is 21.1 Å². The summed E-state index contributed by atoms with van der Waals surface area (Å²) in [5.74, 6) is 0. The SMILES string of the molecule is Cc1c(Cc2ccccc2)nn(-c2[c-]cccc2)c1C.[Pt]. The topological polar surface area (TPSA) is 17.8 Å². The van der Waals surface area contributed by atoms with E-state index in [4.69, 9.17) is 5.10 Å². The quantitative estimate of drug-likeness (QED) is 0.547. The molecule has 3 aromatic rings. The van der Waals surface area contributed by atoms with Crippen LogP contribution >= 0.6 is 0 Å². The zero-order valence-electron chi connectivity index (χ0n) is 12.1. The molecule has 0 fully saturated rings. The van der Waals surface area contributed by atoms with E-state index in [1.807, 2.05) is 35.0 Å².